The first-order valence-electron chi connectivity index (χ1n) is 4.36. The standard InChI is InChI=1S/C10H12ClFO2/c11-9-4-1-3-8(7-13)10(9)14-6-2-5-12/h1,3-4,13H,2,5-7H2. The fourth-order valence-corrected chi connectivity index (χ4v) is 1.32. The van der Waals surface area contributed by atoms with Crippen LogP contribution >= 0.6 is 11.6 Å². The van der Waals surface area contributed by atoms with Gasteiger partial charge in [-0.2, -0.15) is 0 Å². The van der Waals surface area contributed by atoms with E-state index in [1.54, 1.807) is 18.2 Å². The zero-order valence-corrected chi connectivity index (χ0v) is 8.43. The van der Waals surface area contributed by atoms with Crippen molar-refractivity contribution in [3.8, 4) is 5.75 Å². The van der Waals surface area contributed by atoms with Gasteiger partial charge in [0.05, 0.1) is 24.9 Å². The number of hydrogen-bond donors (Lipinski definition) is 1. The molecule has 1 aromatic carbocycles. The van der Waals surface area contributed by atoms with Gasteiger partial charge in [-0.05, 0) is 6.07 Å². The predicted octanol–water partition coefficient (Wildman–Crippen LogP) is 2.57. The first-order chi connectivity index (χ1) is 6.79. The molecule has 2 nitrogen and oxygen atoms in total. The Morgan fingerprint density at radius 2 is 2.21 bits per heavy atom. The molecule has 0 aromatic heterocycles. The van der Waals surface area contributed by atoms with Gasteiger partial charge in [-0.3, -0.25) is 4.39 Å². The fourth-order valence-electron chi connectivity index (χ4n) is 1.07. The molecule has 0 aliphatic rings. The zero-order chi connectivity index (χ0) is 10.4. The lowest BCUT2D eigenvalue weighted by molar-refractivity contribution is 0.256. The van der Waals surface area contributed by atoms with E-state index in [0.717, 1.165) is 0 Å². The van der Waals surface area contributed by atoms with Crippen molar-refractivity contribution in [1.82, 2.24) is 0 Å². The molecule has 1 N–H and O–H groups in total. The van der Waals surface area contributed by atoms with Gasteiger partial charge in [-0.25, -0.2) is 0 Å². The minimum atomic E-state index is -0.418. The molecule has 0 saturated heterocycles. The van der Waals surface area contributed by atoms with Crippen LogP contribution in [0.2, 0.25) is 5.02 Å². The highest BCUT2D eigenvalue weighted by Gasteiger charge is 2.06. The van der Waals surface area contributed by atoms with E-state index in [1.807, 2.05) is 0 Å². The molecular formula is C10H12ClFO2. The van der Waals surface area contributed by atoms with Crippen molar-refractivity contribution in [1.29, 1.82) is 0 Å². The van der Waals surface area contributed by atoms with E-state index in [9.17, 15) is 4.39 Å². The fraction of sp³-hybridized carbons (Fsp3) is 0.400. The van der Waals surface area contributed by atoms with Crippen molar-refractivity contribution < 1.29 is 14.2 Å². The Morgan fingerprint density at radius 1 is 1.43 bits per heavy atom. The summed E-state index contributed by atoms with van der Waals surface area (Å²) in [5.74, 6) is 0.449. The normalized spacial score (nSPS) is 10.2. The molecule has 14 heavy (non-hydrogen) atoms. The van der Waals surface area contributed by atoms with E-state index in [4.69, 9.17) is 21.4 Å². The minimum Gasteiger partial charge on any atom is -0.492 e. The summed E-state index contributed by atoms with van der Waals surface area (Å²) in [6, 6.07) is 5.12. The summed E-state index contributed by atoms with van der Waals surface area (Å²) in [5, 5.41) is 9.43. The molecule has 4 heteroatoms. The third-order valence-electron chi connectivity index (χ3n) is 1.74. The molecule has 0 bridgehead atoms. The van der Waals surface area contributed by atoms with Crippen molar-refractivity contribution in [2.24, 2.45) is 0 Å². The first-order valence-corrected chi connectivity index (χ1v) is 4.74. The van der Waals surface area contributed by atoms with Gasteiger partial charge in [0.25, 0.3) is 0 Å². The topological polar surface area (TPSA) is 29.5 Å². The maximum absolute atomic E-state index is 11.8. The SMILES string of the molecule is OCc1cccc(Cl)c1OCCCF. The van der Waals surface area contributed by atoms with Gasteiger partial charge in [-0.15, -0.1) is 0 Å². The number of rotatable bonds is 5. The molecule has 0 spiro atoms. The van der Waals surface area contributed by atoms with Crippen LogP contribution in [0.3, 0.4) is 0 Å². The minimum absolute atomic E-state index is 0.133. The Balaban J connectivity index is 2.72. The maximum Gasteiger partial charge on any atom is 0.143 e. The lowest BCUT2D eigenvalue weighted by Gasteiger charge is -2.10. The summed E-state index contributed by atoms with van der Waals surface area (Å²) in [6.07, 6.45) is 0.329. The summed E-state index contributed by atoms with van der Waals surface area (Å²) < 4.78 is 17.1. The van der Waals surface area contributed by atoms with E-state index in [1.165, 1.54) is 0 Å². The predicted molar refractivity (Wildman–Crippen MR) is 53.5 cm³/mol. The van der Waals surface area contributed by atoms with Gasteiger partial charge >= 0.3 is 0 Å². The van der Waals surface area contributed by atoms with E-state index < -0.39 is 6.67 Å². The number of hydrogen-bond acceptors (Lipinski definition) is 2. The lowest BCUT2D eigenvalue weighted by Crippen LogP contribution is -2.01. The highest BCUT2D eigenvalue weighted by Crippen LogP contribution is 2.28. The summed E-state index contributed by atoms with van der Waals surface area (Å²) in [4.78, 5) is 0. The van der Waals surface area contributed by atoms with E-state index in [-0.39, 0.29) is 13.2 Å². The van der Waals surface area contributed by atoms with Gasteiger partial charge in [0.1, 0.15) is 5.75 Å². The summed E-state index contributed by atoms with van der Waals surface area (Å²) in [6.45, 7) is -0.280. The second-order valence-electron chi connectivity index (χ2n) is 2.78. The monoisotopic (exact) mass is 218 g/mol. The second kappa shape index (κ2) is 5.83. The second-order valence-corrected chi connectivity index (χ2v) is 3.18. The average molecular weight is 219 g/mol. The van der Waals surface area contributed by atoms with Crippen LogP contribution in [0.15, 0.2) is 18.2 Å². The summed E-state index contributed by atoms with van der Waals surface area (Å²) >= 11 is 5.86. The molecule has 0 heterocycles. The molecule has 0 amide bonds. The van der Waals surface area contributed by atoms with Crippen molar-refractivity contribution in [2.45, 2.75) is 13.0 Å². The number of alkyl halides is 1. The Labute approximate surface area is 87.3 Å². The van der Waals surface area contributed by atoms with Crippen LogP contribution in [-0.4, -0.2) is 18.4 Å². The van der Waals surface area contributed by atoms with Crippen LogP contribution in [0.4, 0.5) is 4.39 Å². The lowest BCUT2D eigenvalue weighted by atomic mass is 10.2. The molecule has 0 aliphatic heterocycles. The van der Waals surface area contributed by atoms with Gasteiger partial charge in [0, 0.05) is 12.0 Å². The Morgan fingerprint density at radius 3 is 2.86 bits per heavy atom. The molecule has 1 aromatic rings. The number of ether oxygens (including phenoxy) is 1. The number of para-hydroxylation sites is 1. The van der Waals surface area contributed by atoms with Crippen LogP contribution < -0.4 is 4.74 Å². The number of halogens is 2. The van der Waals surface area contributed by atoms with Crippen LogP contribution in [-0.2, 0) is 6.61 Å². The highest BCUT2D eigenvalue weighted by atomic mass is 35.5. The highest BCUT2D eigenvalue weighted by molar-refractivity contribution is 6.32. The molecule has 0 radical (unpaired) electrons. The molecule has 0 fully saturated rings. The van der Waals surface area contributed by atoms with Gasteiger partial charge in [0.2, 0.25) is 0 Å². The van der Waals surface area contributed by atoms with E-state index in [0.29, 0.717) is 22.8 Å². The number of aliphatic hydroxyl groups excluding tert-OH is 1. The largest absolute Gasteiger partial charge is 0.492 e. The molecule has 1 rings (SSSR count). The van der Waals surface area contributed by atoms with Crippen LogP contribution in [0.5, 0.6) is 5.75 Å². The summed E-state index contributed by atoms with van der Waals surface area (Å²) in [7, 11) is 0. The summed E-state index contributed by atoms with van der Waals surface area (Å²) in [5.41, 5.74) is 0.622. The Kier molecular flexibility index (Phi) is 4.70. The zero-order valence-electron chi connectivity index (χ0n) is 7.67. The molecule has 0 saturated carbocycles. The van der Waals surface area contributed by atoms with Crippen molar-refractivity contribution in [3.05, 3.63) is 28.8 Å². The molecule has 0 atom stereocenters. The van der Waals surface area contributed by atoms with Gasteiger partial charge < -0.3 is 9.84 Å². The smallest absolute Gasteiger partial charge is 0.143 e. The Hall–Kier alpha value is -0.800. The third kappa shape index (κ3) is 2.86. The van der Waals surface area contributed by atoms with Crippen LogP contribution in [0, 0.1) is 0 Å². The quantitative estimate of drug-likeness (QED) is 0.770. The van der Waals surface area contributed by atoms with Crippen molar-refractivity contribution >= 4 is 11.6 Å². The van der Waals surface area contributed by atoms with Crippen molar-refractivity contribution in [2.75, 3.05) is 13.3 Å². The number of benzene rings is 1. The number of aliphatic hydroxyl groups is 1. The third-order valence-corrected chi connectivity index (χ3v) is 2.04. The average Bonchev–Trinajstić information content (AvgIpc) is 2.20. The molecule has 78 valence electrons. The molecular weight excluding hydrogens is 207 g/mol. The van der Waals surface area contributed by atoms with E-state index in [2.05, 4.69) is 0 Å². The van der Waals surface area contributed by atoms with Crippen LogP contribution in [0.25, 0.3) is 0 Å². The molecule has 0 unspecified atom stereocenters. The maximum atomic E-state index is 11.8. The van der Waals surface area contributed by atoms with E-state index >= 15 is 0 Å². The van der Waals surface area contributed by atoms with Gasteiger partial charge in [0.15, 0.2) is 0 Å². The van der Waals surface area contributed by atoms with Crippen molar-refractivity contribution in [3.63, 3.8) is 0 Å². The van der Waals surface area contributed by atoms with Gasteiger partial charge in [-0.1, -0.05) is 23.7 Å². The molecule has 0 aliphatic carbocycles. The Bertz CT molecular complexity index is 291. The first kappa shape index (κ1) is 11.3. The van der Waals surface area contributed by atoms with Crippen LogP contribution in [0.1, 0.15) is 12.0 Å².